The number of urea groups is 1. The second-order valence-corrected chi connectivity index (χ2v) is 8.84. The smallest absolute Gasteiger partial charge is 0.313 e. The summed E-state index contributed by atoms with van der Waals surface area (Å²) in [5.74, 6) is 1.13. The Morgan fingerprint density at radius 3 is 2.63 bits per heavy atom. The van der Waals surface area contributed by atoms with Crippen LogP contribution < -0.4 is 5.32 Å². The third-order valence-electron chi connectivity index (χ3n) is 7.47. The Bertz CT molecular complexity index is 603. The van der Waals surface area contributed by atoms with Gasteiger partial charge in [-0.15, -0.1) is 0 Å². The average Bonchev–Trinajstić information content (AvgIpc) is 2.96. The SMILES string of the molecule is CCNC(CC)C(=O)CN1C(=O)N(C)C(C)(C2C[C@@H]3CCCC2CC3)C1=O. The zero-order valence-corrected chi connectivity index (χ0v) is 17.3. The van der Waals surface area contributed by atoms with Gasteiger partial charge >= 0.3 is 6.03 Å². The summed E-state index contributed by atoms with van der Waals surface area (Å²) < 4.78 is 0. The van der Waals surface area contributed by atoms with E-state index in [4.69, 9.17) is 0 Å². The molecule has 3 amide bonds. The zero-order chi connectivity index (χ0) is 19.8. The van der Waals surface area contributed by atoms with Crippen LogP contribution in [0.25, 0.3) is 0 Å². The van der Waals surface area contributed by atoms with Crippen LogP contribution in [0, 0.1) is 17.8 Å². The molecule has 1 N–H and O–H groups in total. The summed E-state index contributed by atoms with van der Waals surface area (Å²) in [6, 6.07) is -0.621. The summed E-state index contributed by atoms with van der Waals surface area (Å²) in [5.41, 5.74) is -0.815. The van der Waals surface area contributed by atoms with Crippen molar-refractivity contribution in [3.8, 4) is 0 Å². The predicted molar refractivity (Wildman–Crippen MR) is 104 cm³/mol. The summed E-state index contributed by atoms with van der Waals surface area (Å²) in [4.78, 5) is 41.9. The molecule has 4 unspecified atom stereocenters. The molecule has 4 rings (SSSR count). The first kappa shape index (κ1) is 20.3. The second-order valence-electron chi connectivity index (χ2n) is 8.84. The minimum atomic E-state index is -0.815. The van der Waals surface area contributed by atoms with E-state index >= 15 is 0 Å². The highest BCUT2D eigenvalue weighted by molar-refractivity contribution is 6.09. The lowest BCUT2D eigenvalue weighted by Crippen LogP contribution is -2.55. The number of imide groups is 1. The molecule has 0 spiro atoms. The molecule has 152 valence electrons. The first-order valence-electron chi connectivity index (χ1n) is 10.7. The number of carbonyl (C=O) groups is 3. The van der Waals surface area contributed by atoms with E-state index in [0.29, 0.717) is 24.8 Å². The minimum Gasteiger partial charge on any atom is -0.313 e. The first-order chi connectivity index (χ1) is 12.8. The molecular weight excluding hydrogens is 342 g/mol. The Labute approximate surface area is 163 Å². The minimum absolute atomic E-state index is 0.0823. The van der Waals surface area contributed by atoms with Crippen molar-refractivity contribution in [1.82, 2.24) is 15.1 Å². The molecular formula is C21H35N3O3. The Morgan fingerprint density at radius 2 is 1.96 bits per heavy atom. The molecule has 27 heavy (non-hydrogen) atoms. The number of carbonyl (C=O) groups excluding carboxylic acids is 3. The fraction of sp³-hybridized carbons (Fsp3) is 0.857. The van der Waals surface area contributed by atoms with Crippen LogP contribution in [0.5, 0.6) is 0 Å². The number of fused-ring (bicyclic) bond motifs is 4. The molecule has 6 nitrogen and oxygen atoms in total. The van der Waals surface area contributed by atoms with Gasteiger partial charge < -0.3 is 10.2 Å². The van der Waals surface area contributed by atoms with Crippen molar-refractivity contribution in [2.24, 2.45) is 17.8 Å². The maximum absolute atomic E-state index is 13.4. The van der Waals surface area contributed by atoms with Crippen LogP contribution in [0.15, 0.2) is 0 Å². The number of hydrogen-bond donors (Lipinski definition) is 1. The summed E-state index contributed by atoms with van der Waals surface area (Å²) in [6.45, 7) is 6.40. The average molecular weight is 378 g/mol. The number of ketones is 1. The molecule has 0 aromatic carbocycles. The summed E-state index contributed by atoms with van der Waals surface area (Å²) in [5, 5.41) is 3.15. The van der Waals surface area contributed by atoms with Crippen molar-refractivity contribution in [3.63, 3.8) is 0 Å². The molecule has 1 saturated heterocycles. The number of amides is 3. The Hall–Kier alpha value is -1.43. The number of likely N-dealkylation sites (N-methyl/N-ethyl adjacent to an activating group) is 2. The van der Waals surface area contributed by atoms with Gasteiger partial charge in [0.05, 0.1) is 12.6 Å². The van der Waals surface area contributed by atoms with Gasteiger partial charge in [-0.2, -0.15) is 0 Å². The van der Waals surface area contributed by atoms with Gasteiger partial charge in [0.2, 0.25) is 0 Å². The van der Waals surface area contributed by atoms with Gasteiger partial charge in [-0.25, -0.2) is 4.79 Å². The Morgan fingerprint density at radius 1 is 1.22 bits per heavy atom. The van der Waals surface area contributed by atoms with Crippen molar-refractivity contribution in [1.29, 1.82) is 0 Å². The lowest BCUT2D eigenvalue weighted by atomic mass is 9.66. The number of Topliss-reactive ketones (excluding diaryl/α,β-unsaturated/α-hetero) is 1. The molecule has 0 radical (unpaired) electrons. The van der Waals surface area contributed by atoms with E-state index in [0.717, 1.165) is 19.3 Å². The Kier molecular flexibility index (Phi) is 5.94. The highest BCUT2D eigenvalue weighted by atomic mass is 16.2. The molecule has 4 aliphatic rings. The molecule has 0 aromatic heterocycles. The molecule has 3 saturated carbocycles. The second kappa shape index (κ2) is 7.90. The van der Waals surface area contributed by atoms with Crippen LogP contribution in [0.1, 0.15) is 65.7 Å². The fourth-order valence-electron chi connectivity index (χ4n) is 5.71. The van der Waals surface area contributed by atoms with Crippen molar-refractivity contribution in [3.05, 3.63) is 0 Å². The number of nitrogens with one attached hydrogen (secondary N) is 1. The van der Waals surface area contributed by atoms with Gasteiger partial charge in [-0.1, -0.05) is 39.5 Å². The van der Waals surface area contributed by atoms with Crippen LogP contribution in [0.3, 0.4) is 0 Å². The van der Waals surface area contributed by atoms with Gasteiger partial charge in [-0.3, -0.25) is 14.5 Å². The van der Waals surface area contributed by atoms with Crippen LogP contribution >= 0.6 is 0 Å². The molecule has 5 atom stereocenters. The topological polar surface area (TPSA) is 69.7 Å². The maximum atomic E-state index is 13.4. The molecule has 0 aromatic rings. The van der Waals surface area contributed by atoms with E-state index in [1.807, 2.05) is 20.8 Å². The Balaban J connectivity index is 1.81. The van der Waals surface area contributed by atoms with Crippen LogP contribution in [0.4, 0.5) is 4.79 Å². The highest BCUT2D eigenvalue weighted by Crippen LogP contribution is 2.50. The van der Waals surface area contributed by atoms with E-state index < -0.39 is 5.54 Å². The van der Waals surface area contributed by atoms with E-state index in [2.05, 4.69) is 5.32 Å². The molecule has 6 heteroatoms. The quantitative estimate of drug-likeness (QED) is 0.693. The normalized spacial score (nSPS) is 34.9. The third-order valence-corrected chi connectivity index (χ3v) is 7.47. The standard InChI is InChI=1S/C21H35N3O3/c1-5-17(22-6-2)18(25)13-24-19(26)21(3,23(4)20(24)27)16-12-14-8-7-9-15(16)11-10-14/h14-17,22H,5-13H2,1-4H3/t14-,15?,16?,17?,21?/m1/s1. The van der Waals surface area contributed by atoms with Gasteiger partial charge in [0.1, 0.15) is 5.54 Å². The molecule has 3 aliphatic carbocycles. The van der Waals surface area contributed by atoms with Crippen molar-refractivity contribution in [2.75, 3.05) is 20.1 Å². The summed E-state index contributed by atoms with van der Waals surface area (Å²) in [7, 11) is 1.74. The van der Waals surface area contributed by atoms with E-state index in [1.54, 1.807) is 11.9 Å². The van der Waals surface area contributed by atoms with Crippen LogP contribution in [-0.2, 0) is 9.59 Å². The van der Waals surface area contributed by atoms with Gasteiger partial charge in [-0.05, 0) is 50.5 Å². The largest absolute Gasteiger partial charge is 0.327 e. The first-order valence-corrected chi connectivity index (χ1v) is 10.7. The molecule has 1 heterocycles. The number of rotatable bonds is 7. The van der Waals surface area contributed by atoms with Crippen LogP contribution in [0.2, 0.25) is 0 Å². The monoisotopic (exact) mass is 377 g/mol. The maximum Gasteiger partial charge on any atom is 0.327 e. The van der Waals surface area contributed by atoms with Crippen molar-refractivity contribution < 1.29 is 14.4 Å². The van der Waals surface area contributed by atoms with Crippen molar-refractivity contribution in [2.45, 2.75) is 77.3 Å². The number of nitrogens with zero attached hydrogens (tertiary/aromatic N) is 2. The third kappa shape index (κ3) is 3.41. The van der Waals surface area contributed by atoms with E-state index in [1.165, 1.54) is 24.2 Å². The predicted octanol–water partition coefficient (Wildman–Crippen LogP) is 2.81. The van der Waals surface area contributed by atoms with Gasteiger partial charge in [0, 0.05) is 7.05 Å². The lowest BCUT2D eigenvalue weighted by molar-refractivity contribution is -0.139. The van der Waals surface area contributed by atoms with Crippen molar-refractivity contribution >= 4 is 17.7 Å². The molecule has 2 bridgehead atoms. The highest BCUT2D eigenvalue weighted by Gasteiger charge is 2.59. The van der Waals surface area contributed by atoms with Gasteiger partial charge in [0.15, 0.2) is 5.78 Å². The van der Waals surface area contributed by atoms with E-state index in [9.17, 15) is 14.4 Å². The van der Waals surface area contributed by atoms with Gasteiger partial charge in [0.25, 0.3) is 5.91 Å². The fourth-order valence-corrected chi connectivity index (χ4v) is 5.71. The number of hydrogen-bond acceptors (Lipinski definition) is 4. The van der Waals surface area contributed by atoms with E-state index in [-0.39, 0.29) is 36.2 Å². The molecule has 1 aliphatic heterocycles. The molecule has 4 fully saturated rings. The summed E-state index contributed by atoms with van der Waals surface area (Å²) in [6.07, 6.45) is 7.74. The lowest BCUT2D eigenvalue weighted by Gasteiger charge is -2.44. The zero-order valence-electron chi connectivity index (χ0n) is 17.3. The summed E-state index contributed by atoms with van der Waals surface area (Å²) >= 11 is 0. The van der Waals surface area contributed by atoms with Crippen LogP contribution in [-0.4, -0.2) is 59.2 Å².